The number of carbonyl (C=O) groups is 1. The monoisotopic (exact) mass is 428 g/mol. The van der Waals surface area contributed by atoms with Gasteiger partial charge in [0, 0.05) is 31.6 Å². The molecule has 7 nitrogen and oxygen atoms in total. The lowest BCUT2D eigenvalue weighted by molar-refractivity contribution is 0.0668. The van der Waals surface area contributed by atoms with Crippen LogP contribution in [0.4, 0.5) is 0 Å². The third kappa shape index (κ3) is 3.57. The molecule has 1 aliphatic heterocycles. The van der Waals surface area contributed by atoms with Crippen molar-refractivity contribution in [1.29, 1.82) is 0 Å². The number of fused-ring (bicyclic) bond motifs is 1. The quantitative estimate of drug-likeness (QED) is 0.638. The molecule has 0 aliphatic carbocycles. The van der Waals surface area contributed by atoms with Gasteiger partial charge in [-0.1, -0.05) is 18.2 Å². The van der Waals surface area contributed by atoms with E-state index in [1.54, 1.807) is 36.3 Å². The minimum absolute atomic E-state index is 0.222. The van der Waals surface area contributed by atoms with Gasteiger partial charge >= 0.3 is 0 Å². The predicted molar refractivity (Wildman–Crippen MR) is 113 cm³/mol. The first-order valence-corrected chi connectivity index (χ1v) is 11.2. The highest BCUT2D eigenvalue weighted by molar-refractivity contribution is 7.89. The van der Waals surface area contributed by atoms with E-state index in [1.807, 2.05) is 32.0 Å². The molecule has 30 heavy (non-hydrogen) atoms. The lowest BCUT2D eigenvalue weighted by Gasteiger charge is -2.33. The van der Waals surface area contributed by atoms with Crippen molar-refractivity contribution in [3.05, 3.63) is 59.4 Å². The number of rotatable bonds is 4. The molecule has 1 saturated heterocycles. The molecule has 1 fully saturated rings. The number of hydrogen-bond acceptors (Lipinski definition) is 5. The third-order valence-corrected chi connectivity index (χ3v) is 7.48. The van der Waals surface area contributed by atoms with Gasteiger partial charge in [0.05, 0.1) is 12.0 Å². The molecule has 0 radical (unpaired) electrons. The molecule has 0 N–H and O–H groups in total. The summed E-state index contributed by atoms with van der Waals surface area (Å²) in [6.07, 6.45) is 0. The number of benzene rings is 2. The van der Waals surface area contributed by atoms with Crippen LogP contribution in [0.5, 0.6) is 5.75 Å². The fourth-order valence-corrected chi connectivity index (χ4v) is 5.12. The molecular formula is C22H24N2O5S. The molecule has 2 heterocycles. The average Bonchev–Trinajstić information content (AvgIpc) is 3.19. The number of amides is 1. The first-order chi connectivity index (χ1) is 14.3. The van der Waals surface area contributed by atoms with Gasteiger partial charge in [-0.25, -0.2) is 8.42 Å². The maximum absolute atomic E-state index is 13.0. The number of carbonyl (C=O) groups excluding carboxylic acids is 1. The van der Waals surface area contributed by atoms with Crippen molar-refractivity contribution >= 4 is 26.9 Å². The van der Waals surface area contributed by atoms with E-state index >= 15 is 0 Å². The van der Waals surface area contributed by atoms with Crippen molar-refractivity contribution in [2.45, 2.75) is 18.7 Å². The summed E-state index contributed by atoms with van der Waals surface area (Å²) in [5.41, 5.74) is 2.51. The fourth-order valence-electron chi connectivity index (χ4n) is 3.61. The topological polar surface area (TPSA) is 80.1 Å². The van der Waals surface area contributed by atoms with Crippen molar-refractivity contribution in [2.24, 2.45) is 0 Å². The Morgan fingerprint density at radius 3 is 2.40 bits per heavy atom. The second-order valence-corrected chi connectivity index (χ2v) is 9.37. The molecule has 0 spiro atoms. The number of methoxy groups -OCH3 is 1. The van der Waals surface area contributed by atoms with Crippen molar-refractivity contribution in [3.63, 3.8) is 0 Å². The van der Waals surface area contributed by atoms with Crippen LogP contribution in [0.25, 0.3) is 11.0 Å². The summed E-state index contributed by atoms with van der Waals surface area (Å²) in [6.45, 7) is 4.93. The van der Waals surface area contributed by atoms with E-state index in [1.165, 1.54) is 4.31 Å². The molecule has 1 aromatic heterocycles. The summed E-state index contributed by atoms with van der Waals surface area (Å²) < 4.78 is 38.4. The maximum Gasteiger partial charge on any atom is 0.289 e. The molecule has 8 heteroatoms. The number of sulfonamides is 1. The van der Waals surface area contributed by atoms with Crippen molar-refractivity contribution in [2.75, 3.05) is 33.3 Å². The minimum atomic E-state index is -3.59. The number of hydrogen-bond donors (Lipinski definition) is 0. The number of aryl methyl sites for hydroxylation is 2. The number of piperazine rings is 1. The minimum Gasteiger partial charge on any atom is -0.493 e. The van der Waals surface area contributed by atoms with Crippen LogP contribution < -0.4 is 4.74 Å². The number of para-hydroxylation sites is 1. The number of furan rings is 1. The van der Waals surface area contributed by atoms with Crippen LogP contribution in [-0.2, 0) is 10.0 Å². The molecule has 2 aromatic carbocycles. The second kappa shape index (κ2) is 7.77. The summed E-state index contributed by atoms with van der Waals surface area (Å²) >= 11 is 0. The van der Waals surface area contributed by atoms with Gasteiger partial charge in [-0.05, 0) is 49.2 Å². The van der Waals surface area contributed by atoms with E-state index in [2.05, 4.69) is 0 Å². The van der Waals surface area contributed by atoms with Crippen molar-refractivity contribution < 1.29 is 22.4 Å². The van der Waals surface area contributed by atoms with Crippen molar-refractivity contribution in [3.8, 4) is 5.75 Å². The van der Waals surface area contributed by atoms with E-state index < -0.39 is 10.0 Å². The molecule has 0 bridgehead atoms. The standard InChI is InChI=1S/C22H24N2O5S/c1-15-7-8-18(13-16(15)2)30(26,27)24-11-9-23(10-12-24)22(25)20-14-17-5-4-6-19(28-3)21(17)29-20/h4-8,13-14H,9-12H2,1-3H3. The Morgan fingerprint density at radius 2 is 1.73 bits per heavy atom. The molecule has 0 atom stereocenters. The van der Waals surface area contributed by atoms with Gasteiger partial charge in [0.1, 0.15) is 0 Å². The van der Waals surface area contributed by atoms with E-state index in [0.717, 1.165) is 16.5 Å². The van der Waals surface area contributed by atoms with E-state index in [0.29, 0.717) is 24.4 Å². The Balaban J connectivity index is 1.49. The Hall–Kier alpha value is -2.84. The summed E-state index contributed by atoms with van der Waals surface area (Å²) in [7, 11) is -2.04. The van der Waals surface area contributed by atoms with Gasteiger partial charge in [0.2, 0.25) is 10.0 Å². The molecule has 1 aliphatic rings. The lowest BCUT2D eigenvalue weighted by Crippen LogP contribution is -2.50. The zero-order chi connectivity index (χ0) is 21.5. The van der Waals surface area contributed by atoms with Crippen LogP contribution in [-0.4, -0.2) is 56.8 Å². The maximum atomic E-state index is 13.0. The smallest absolute Gasteiger partial charge is 0.289 e. The average molecular weight is 429 g/mol. The first kappa shape index (κ1) is 20.4. The second-order valence-electron chi connectivity index (χ2n) is 7.43. The van der Waals surface area contributed by atoms with Crippen LogP contribution in [0.2, 0.25) is 0 Å². The van der Waals surface area contributed by atoms with E-state index in [-0.39, 0.29) is 29.7 Å². The highest BCUT2D eigenvalue weighted by atomic mass is 32.2. The van der Waals surface area contributed by atoms with Gasteiger partial charge in [-0.15, -0.1) is 0 Å². The molecule has 1 amide bonds. The Labute approximate surface area is 175 Å². The molecule has 3 aromatic rings. The van der Waals surface area contributed by atoms with Gasteiger partial charge in [0.15, 0.2) is 17.1 Å². The number of ether oxygens (including phenoxy) is 1. The molecule has 4 rings (SSSR count). The predicted octanol–water partition coefficient (Wildman–Crippen LogP) is 3.20. The summed E-state index contributed by atoms with van der Waals surface area (Å²) in [5, 5.41) is 0.786. The highest BCUT2D eigenvalue weighted by Gasteiger charge is 2.31. The zero-order valence-corrected chi connectivity index (χ0v) is 18.0. The zero-order valence-electron chi connectivity index (χ0n) is 17.2. The van der Waals surface area contributed by atoms with Gasteiger partial charge in [-0.3, -0.25) is 4.79 Å². The van der Waals surface area contributed by atoms with Gasteiger partial charge in [0.25, 0.3) is 5.91 Å². The lowest BCUT2D eigenvalue weighted by atomic mass is 10.1. The summed E-state index contributed by atoms with van der Waals surface area (Å²) in [4.78, 5) is 14.8. The summed E-state index contributed by atoms with van der Waals surface area (Å²) in [6, 6.07) is 12.3. The van der Waals surface area contributed by atoms with Crippen LogP contribution >= 0.6 is 0 Å². The third-order valence-electron chi connectivity index (χ3n) is 5.58. The van der Waals surface area contributed by atoms with Crippen LogP contribution in [0.1, 0.15) is 21.7 Å². The van der Waals surface area contributed by atoms with Gasteiger partial charge in [-0.2, -0.15) is 4.31 Å². The summed E-state index contributed by atoms with van der Waals surface area (Å²) in [5.74, 6) is 0.535. The van der Waals surface area contributed by atoms with Crippen molar-refractivity contribution in [1.82, 2.24) is 9.21 Å². The first-order valence-electron chi connectivity index (χ1n) is 9.74. The van der Waals surface area contributed by atoms with Crippen LogP contribution in [0.3, 0.4) is 0 Å². The van der Waals surface area contributed by atoms with Crippen LogP contribution in [0.15, 0.2) is 51.8 Å². The van der Waals surface area contributed by atoms with Gasteiger partial charge < -0.3 is 14.1 Å². The normalized spacial score (nSPS) is 15.5. The Bertz CT molecular complexity index is 1210. The largest absolute Gasteiger partial charge is 0.493 e. The Morgan fingerprint density at radius 1 is 1.00 bits per heavy atom. The highest BCUT2D eigenvalue weighted by Crippen LogP contribution is 2.29. The van der Waals surface area contributed by atoms with E-state index in [9.17, 15) is 13.2 Å². The molecule has 0 unspecified atom stereocenters. The molecular weight excluding hydrogens is 404 g/mol. The Kier molecular flexibility index (Phi) is 5.29. The van der Waals surface area contributed by atoms with Crippen LogP contribution in [0, 0.1) is 13.8 Å². The molecule has 158 valence electrons. The number of nitrogens with zero attached hydrogens (tertiary/aromatic N) is 2. The fraction of sp³-hybridized carbons (Fsp3) is 0.318. The SMILES string of the molecule is COc1cccc2cc(C(=O)N3CCN(S(=O)(=O)c4ccc(C)c(C)c4)CC3)oc12. The molecule has 0 saturated carbocycles. The van der Waals surface area contributed by atoms with E-state index in [4.69, 9.17) is 9.15 Å².